The Morgan fingerprint density at radius 2 is 2.06 bits per heavy atom. The van der Waals surface area contributed by atoms with E-state index in [0.717, 1.165) is 24.7 Å². The van der Waals surface area contributed by atoms with Gasteiger partial charge in [-0.3, -0.25) is 4.79 Å². The van der Waals surface area contributed by atoms with Crippen molar-refractivity contribution < 1.29 is 14.3 Å². The standard InChI is InChI=1S/C15H24O3/c1-9-6-14(17-2)13-7-10-8-18-15(16)12(10)5-3-4-11(9)13/h9-14H,3-8H2,1-2H3/t9-,10-,11+,12-,13-,14-/m1/s1. The van der Waals surface area contributed by atoms with Crippen LogP contribution in [-0.4, -0.2) is 25.8 Å². The van der Waals surface area contributed by atoms with Gasteiger partial charge in [-0.2, -0.15) is 0 Å². The molecule has 2 saturated carbocycles. The number of cyclic esters (lactones) is 1. The molecule has 0 aromatic heterocycles. The van der Waals surface area contributed by atoms with Gasteiger partial charge in [-0.25, -0.2) is 0 Å². The molecular formula is C15H24O3. The predicted octanol–water partition coefficient (Wildman–Crippen LogP) is 2.64. The van der Waals surface area contributed by atoms with Gasteiger partial charge in [-0.1, -0.05) is 13.3 Å². The van der Waals surface area contributed by atoms with E-state index in [0.29, 0.717) is 24.5 Å². The second-order valence-corrected chi connectivity index (χ2v) is 6.48. The van der Waals surface area contributed by atoms with Crippen LogP contribution >= 0.6 is 0 Å². The first-order valence-electron chi connectivity index (χ1n) is 7.40. The molecule has 1 heterocycles. The second kappa shape index (κ2) is 4.84. The molecule has 0 unspecified atom stereocenters. The highest BCUT2D eigenvalue weighted by Crippen LogP contribution is 2.48. The smallest absolute Gasteiger partial charge is 0.309 e. The molecule has 18 heavy (non-hydrogen) atoms. The van der Waals surface area contributed by atoms with E-state index in [1.54, 1.807) is 0 Å². The first kappa shape index (κ1) is 12.5. The summed E-state index contributed by atoms with van der Waals surface area (Å²) in [5, 5.41) is 0. The number of rotatable bonds is 1. The third-order valence-corrected chi connectivity index (χ3v) is 5.60. The molecule has 1 aliphatic heterocycles. The third kappa shape index (κ3) is 1.97. The Hall–Kier alpha value is -0.570. The quantitative estimate of drug-likeness (QED) is 0.673. The molecular weight excluding hydrogens is 228 g/mol. The molecule has 0 N–H and O–H groups in total. The summed E-state index contributed by atoms with van der Waals surface area (Å²) in [5.41, 5.74) is 0. The van der Waals surface area contributed by atoms with Crippen LogP contribution in [0.1, 0.15) is 39.0 Å². The lowest BCUT2D eigenvalue weighted by atomic mass is 9.73. The van der Waals surface area contributed by atoms with Gasteiger partial charge >= 0.3 is 5.97 Å². The van der Waals surface area contributed by atoms with Crippen LogP contribution in [0.4, 0.5) is 0 Å². The van der Waals surface area contributed by atoms with Gasteiger partial charge in [-0.15, -0.1) is 0 Å². The Labute approximate surface area is 109 Å². The SMILES string of the molecule is CO[C@@H]1C[C@@H](C)[C@@H]2CCC[C@H]3C(=O)OC[C@H]3C[C@H]21. The van der Waals surface area contributed by atoms with Crippen molar-refractivity contribution in [2.24, 2.45) is 29.6 Å². The van der Waals surface area contributed by atoms with Crippen molar-refractivity contribution in [3.05, 3.63) is 0 Å². The normalized spacial score (nSPS) is 48.0. The van der Waals surface area contributed by atoms with Crippen molar-refractivity contribution in [1.82, 2.24) is 0 Å². The summed E-state index contributed by atoms with van der Waals surface area (Å²) in [6, 6.07) is 0. The Kier molecular flexibility index (Phi) is 3.35. The fourth-order valence-corrected chi connectivity index (χ4v) is 4.62. The molecule has 0 spiro atoms. The number of methoxy groups -OCH3 is 1. The lowest BCUT2D eigenvalue weighted by molar-refractivity contribution is -0.141. The maximum Gasteiger partial charge on any atom is 0.309 e. The molecule has 0 bridgehead atoms. The summed E-state index contributed by atoms with van der Waals surface area (Å²) in [6.45, 7) is 3.02. The van der Waals surface area contributed by atoms with E-state index < -0.39 is 0 Å². The summed E-state index contributed by atoms with van der Waals surface area (Å²) in [4.78, 5) is 11.7. The third-order valence-electron chi connectivity index (χ3n) is 5.60. The highest BCUT2D eigenvalue weighted by Gasteiger charge is 2.47. The lowest BCUT2D eigenvalue weighted by Crippen LogP contribution is -2.30. The molecule has 3 aliphatic rings. The van der Waals surface area contributed by atoms with Crippen LogP contribution in [0.5, 0.6) is 0 Å². The first-order chi connectivity index (χ1) is 8.70. The van der Waals surface area contributed by atoms with Crippen molar-refractivity contribution in [1.29, 1.82) is 0 Å². The van der Waals surface area contributed by atoms with Crippen molar-refractivity contribution in [3.63, 3.8) is 0 Å². The minimum atomic E-state index is 0.0541. The number of fused-ring (bicyclic) bond motifs is 2. The van der Waals surface area contributed by atoms with E-state index in [1.807, 2.05) is 7.11 Å². The Balaban J connectivity index is 1.78. The number of carbonyl (C=O) groups is 1. The average Bonchev–Trinajstić information content (AvgIpc) is 2.80. The molecule has 1 saturated heterocycles. The number of ether oxygens (including phenoxy) is 2. The molecule has 0 aromatic rings. The molecule has 3 heteroatoms. The van der Waals surface area contributed by atoms with E-state index in [1.165, 1.54) is 19.3 Å². The summed E-state index contributed by atoms with van der Waals surface area (Å²) in [6.07, 6.45) is 6.21. The Morgan fingerprint density at radius 3 is 2.83 bits per heavy atom. The molecule has 0 aromatic carbocycles. The summed E-state index contributed by atoms with van der Waals surface area (Å²) in [5.74, 6) is 2.90. The zero-order valence-electron chi connectivity index (χ0n) is 11.4. The molecule has 6 atom stereocenters. The van der Waals surface area contributed by atoms with Gasteiger partial charge in [0, 0.05) is 13.0 Å². The van der Waals surface area contributed by atoms with Gasteiger partial charge in [0.05, 0.1) is 18.6 Å². The number of esters is 1. The summed E-state index contributed by atoms with van der Waals surface area (Å²) < 4.78 is 11.0. The molecule has 3 rings (SSSR count). The van der Waals surface area contributed by atoms with Crippen molar-refractivity contribution in [2.45, 2.75) is 45.1 Å². The number of hydrogen-bond donors (Lipinski definition) is 0. The zero-order valence-corrected chi connectivity index (χ0v) is 11.4. The maximum absolute atomic E-state index is 11.7. The van der Waals surface area contributed by atoms with E-state index in [4.69, 9.17) is 9.47 Å². The highest BCUT2D eigenvalue weighted by atomic mass is 16.5. The fourth-order valence-electron chi connectivity index (χ4n) is 4.62. The zero-order chi connectivity index (χ0) is 12.7. The van der Waals surface area contributed by atoms with Crippen LogP contribution in [0.2, 0.25) is 0 Å². The maximum atomic E-state index is 11.7. The van der Waals surface area contributed by atoms with Crippen LogP contribution in [-0.2, 0) is 14.3 Å². The molecule has 102 valence electrons. The van der Waals surface area contributed by atoms with Crippen LogP contribution in [0.3, 0.4) is 0 Å². The van der Waals surface area contributed by atoms with Crippen LogP contribution in [0, 0.1) is 29.6 Å². The topological polar surface area (TPSA) is 35.5 Å². The molecule has 0 amide bonds. The first-order valence-corrected chi connectivity index (χ1v) is 7.40. The number of hydrogen-bond acceptors (Lipinski definition) is 3. The lowest BCUT2D eigenvalue weighted by Gasteiger charge is -2.31. The number of carbonyl (C=O) groups excluding carboxylic acids is 1. The molecule has 2 aliphatic carbocycles. The largest absolute Gasteiger partial charge is 0.465 e. The monoisotopic (exact) mass is 252 g/mol. The van der Waals surface area contributed by atoms with Gasteiger partial charge in [0.2, 0.25) is 0 Å². The summed E-state index contributed by atoms with van der Waals surface area (Å²) in [7, 11) is 1.84. The van der Waals surface area contributed by atoms with Gasteiger partial charge in [0.15, 0.2) is 0 Å². The molecule has 3 nitrogen and oxygen atoms in total. The van der Waals surface area contributed by atoms with Crippen molar-refractivity contribution in [2.75, 3.05) is 13.7 Å². The van der Waals surface area contributed by atoms with E-state index in [2.05, 4.69) is 6.92 Å². The average molecular weight is 252 g/mol. The summed E-state index contributed by atoms with van der Waals surface area (Å²) >= 11 is 0. The second-order valence-electron chi connectivity index (χ2n) is 6.48. The van der Waals surface area contributed by atoms with E-state index >= 15 is 0 Å². The van der Waals surface area contributed by atoms with E-state index in [-0.39, 0.29) is 11.9 Å². The van der Waals surface area contributed by atoms with Gasteiger partial charge in [0.1, 0.15) is 0 Å². The van der Waals surface area contributed by atoms with Crippen molar-refractivity contribution in [3.8, 4) is 0 Å². The minimum Gasteiger partial charge on any atom is -0.465 e. The van der Waals surface area contributed by atoms with Crippen LogP contribution in [0.15, 0.2) is 0 Å². The van der Waals surface area contributed by atoms with E-state index in [9.17, 15) is 4.79 Å². The van der Waals surface area contributed by atoms with Gasteiger partial charge in [0.25, 0.3) is 0 Å². The predicted molar refractivity (Wildman–Crippen MR) is 68.0 cm³/mol. The highest BCUT2D eigenvalue weighted by molar-refractivity contribution is 5.74. The Bertz CT molecular complexity index is 328. The molecule has 3 fully saturated rings. The van der Waals surface area contributed by atoms with Crippen LogP contribution in [0.25, 0.3) is 0 Å². The minimum absolute atomic E-state index is 0.0541. The fraction of sp³-hybridized carbons (Fsp3) is 0.933. The molecule has 0 radical (unpaired) electrons. The Morgan fingerprint density at radius 1 is 1.22 bits per heavy atom. The van der Waals surface area contributed by atoms with Crippen LogP contribution < -0.4 is 0 Å². The van der Waals surface area contributed by atoms with Gasteiger partial charge in [-0.05, 0) is 43.4 Å². The van der Waals surface area contributed by atoms with Crippen molar-refractivity contribution >= 4 is 5.97 Å². The van der Waals surface area contributed by atoms with Gasteiger partial charge < -0.3 is 9.47 Å².